The maximum atomic E-state index is 11.7. The van der Waals surface area contributed by atoms with Crippen molar-refractivity contribution in [2.75, 3.05) is 33.4 Å². The zero-order valence-electron chi connectivity index (χ0n) is 10.9. The lowest BCUT2D eigenvalue weighted by Gasteiger charge is -2.35. The smallest absolute Gasteiger partial charge is 0.234 e. The van der Waals surface area contributed by atoms with Crippen LogP contribution in [0.4, 0.5) is 0 Å². The zero-order chi connectivity index (χ0) is 12.7. The van der Waals surface area contributed by atoms with Gasteiger partial charge in [-0.1, -0.05) is 0 Å². The molecule has 1 fully saturated rings. The summed E-state index contributed by atoms with van der Waals surface area (Å²) < 4.78 is 4.93. The molecule has 1 amide bonds. The number of amides is 1. The van der Waals surface area contributed by atoms with Gasteiger partial charge in [-0.05, 0) is 26.2 Å². The number of rotatable bonds is 6. The molecule has 0 bridgehead atoms. The molecule has 1 aliphatic heterocycles. The molecule has 1 aliphatic rings. The highest BCUT2D eigenvalue weighted by Gasteiger charge is 2.24. The van der Waals surface area contributed by atoms with Gasteiger partial charge in [0.15, 0.2) is 0 Å². The predicted octanol–water partition coefficient (Wildman–Crippen LogP) is -0.0493. The maximum absolute atomic E-state index is 11.7. The topological polar surface area (TPSA) is 67.6 Å². The van der Waals surface area contributed by atoms with Gasteiger partial charge in [-0.3, -0.25) is 9.69 Å². The zero-order valence-corrected chi connectivity index (χ0v) is 10.9. The Bertz CT molecular complexity index is 236. The molecule has 0 aromatic rings. The summed E-state index contributed by atoms with van der Waals surface area (Å²) in [4.78, 5) is 13.9. The summed E-state index contributed by atoms with van der Waals surface area (Å²) in [7, 11) is 1.67. The van der Waals surface area contributed by atoms with Gasteiger partial charge in [0.05, 0.1) is 6.54 Å². The van der Waals surface area contributed by atoms with Gasteiger partial charge in [0.1, 0.15) is 0 Å². The van der Waals surface area contributed by atoms with E-state index in [-0.39, 0.29) is 5.91 Å². The van der Waals surface area contributed by atoms with Crippen molar-refractivity contribution in [2.45, 2.75) is 38.3 Å². The minimum atomic E-state index is 0.100. The second-order valence-corrected chi connectivity index (χ2v) is 4.80. The van der Waals surface area contributed by atoms with Crippen molar-refractivity contribution in [1.29, 1.82) is 0 Å². The number of ether oxygens (including phenoxy) is 1. The molecule has 0 spiro atoms. The minimum absolute atomic E-state index is 0.100. The molecule has 0 saturated carbocycles. The van der Waals surface area contributed by atoms with Crippen molar-refractivity contribution in [1.82, 2.24) is 10.2 Å². The van der Waals surface area contributed by atoms with Gasteiger partial charge >= 0.3 is 0 Å². The Balaban J connectivity index is 2.17. The first-order valence-corrected chi connectivity index (χ1v) is 6.38. The molecule has 1 heterocycles. The third kappa shape index (κ3) is 5.48. The third-order valence-corrected chi connectivity index (χ3v) is 3.25. The number of nitrogens with one attached hydrogen (secondary N) is 1. The van der Waals surface area contributed by atoms with Crippen LogP contribution in [0.15, 0.2) is 0 Å². The van der Waals surface area contributed by atoms with Crippen molar-refractivity contribution in [3.05, 3.63) is 0 Å². The highest BCUT2D eigenvalue weighted by molar-refractivity contribution is 5.78. The summed E-state index contributed by atoms with van der Waals surface area (Å²) in [5.41, 5.74) is 5.89. The molecule has 3 N–H and O–H groups in total. The second-order valence-electron chi connectivity index (χ2n) is 4.80. The van der Waals surface area contributed by atoms with Crippen LogP contribution in [0.1, 0.15) is 26.2 Å². The molecule has 5 nitrogen and oxygen atoms in total. The number of hydrogen-bond donors (Lipinski definition) is 2. The fraction of sp³-hybridized carbons (Fsp3) is 0.917. The normalized spacial score (nSPS) is 25.8. The molecular weight excluding hydrogens is 218 g/mol. The summed E-state index contributed by atoms with van der Waals surface area (Å²) in [6.45, 7) is 4.93. The third-order valence-electron chi connectivity index (χ3n) is 3.25. The largest absolute Gasteiger partial charge is 0.385 e. The summed E-state index contributed by atoms with van der Waals surface area (Å²) in [5, 5.41) is 2.90. The SMILES string of the molecule is COCCCNC(=O)CN1CCC(N)CC1C. The summed E-state index contributed by atoms with van der Waals surface area (Å²) in [6, 6.07) is 0.703. The number of methoxy groups -OCH3 is 1. The van der Waals surface area contributed by atoms with E-state index in [0.29, 0.717) is 31.8 Å². The Morgan fingerprint density at radius 1 is 1.59 bits per heavy atom. The van der Waals surface area contributed by atoms with E-state index in [4.69, 9.17) is 10.5 Å². The van der Waals surface area contributed by atoms with Crippen molar-refractivity contribution in [3.63, 3.8) is 0 Å². The van der Waals surface area contributed by atoms with Crippen LogP contribution in [0.25, 0.3) is 0 Å². The van der Waals surface area contributed by atoms with Crippen LogP contribution in [-0.2, 0) is 9.53 Å². The first kappa shape index (κ1) is 14.4. The lowest BCUT2D eigenvalue weighted by atomic mass is 9.99. The van der Waals surface area contributed by atoms with E-state index in [1.807, 2.05) is 0 Å². The van der Waals surface area contributed by atoms with E-state index >= 15 is 0 Å². The first-order chi connectivity index (χ1) is 8.13. The van der Waals surface area contributed by atoms with Crippen LogP contribution in [-0.4, -0.2) is 56.2 Å². The molecule has 5 heteroatoms. The molecule has 0 aliphatic carbocycles. The number of nitrogens with two attached hydrogens (primary N) is 1. The van der Waals surface area contributed by atoms with Crippen molar-refractivity contribution in [2.24, 2.45) is 5.73 Å². The van der Waals surface area contributed by atoms with Gasteiger partial charge in [0, 0.05) is 38.9 Å². The highest BCUT2D eigenvalue weighted by atomic mass is 16.5. The Hall–Kier alpha value is -0.650. The van der Waals surface area contributed by atoms with Gasteiger partial charge in [0.25, 0.3) is 0 Å². The second kappa shape index (κ2) is 7.63. The maximum Gasteiger partial charge on any atom is 0.234 e. The van der Waals surface area contributed by atoms with E-state index in [1.165, 1.54) is 0 Å². The minimum Gasteiger partial charge on any atom is -0.385 e. The van der Waals surface area contributed by atoms with Crippen LogP contribution in [0.2, 0.25) is 0 Å². The number of carbonyl (C=O) groups is 1. The molecule has 0 radical (unpaired) electrons. The number of likely N-dealkylation sites (tertiary alicyclic amines) is 1. The standard InChI is InChI=1S/C12H25N3O2/c1-10-8-11(13)4-6-15(10)9-12(16)14-5-3-7-17-2/h10-11H,3-9,13H2,1-2H3,(H,14,16). The molecule has 2 unspecified atom stereocenters. The summed E-state index contributed by atoms with van der Waals surface area (Å²) in [5.74, 6) is 0.100. The molecule has 0 aromatic heterocycles. The molecule has 17 heavy (non-hydrogen) atoms. The first-order valence-electron chi connectivity index (χ1n) is 6.38. The summed E-state index contributed by atoms with van der Waals surface area (Å²) >= 11 is 0. The van der Waals surface area contributed by atoms with Gasteiger partial charge in [-0.2, -0.15) is 0 Å². The van der Waals surface area contributed by atoms with Gasteiger partial charge in [-0.15, -0.1) is 0 Å². The number of nitrogens with zero attached hydrogens (tertiary/aromatic N) is 1. The van der Waals surface area contributed by atoms with E-state index < -0.39 is 0 Å². The molecule has 2 atom stereocenters. The molecule has 0 aromatic carbocycles. The van der Waals surface area contributed by atoms with E-state index in [2.05, 4.69) is 17.1 Å². The molecular formula is C12H25N3O2. The lowest BCUT2D eigenvalue weighted by molar-refractivity contribution is -0.123. The number of carbonyl (C=O) groups excluding carboxylic acids is 1. The summed E-state index contributed by atoms with van der Waals surface area (Å²) in [6.07, 6.45) is 2.83. The quantitative estimate of drug-likeness (QED) is 0.642. The molecule has 1 saturated heterocycles. The Morgan fingerprint density at radius 3 is 3.00 bits per heavy atom. The van der Waals surface area contributed by atoms with Crippen LogP contribution in [0.3, 0.4) is 0 Å². The molecule has 1 rings (SSSR count). The van der Waals surface area contributed by atoms with E-state index in [0.717, 1.165) is 25.8 Å². The van der Waals surface area contributed by atoms with Crippen LogP contribution >= 0.6 is 0 Å². The highest BCUT2D eigenvalue weighted by Crippen LogP contribution is 2.14. The van der Waals surface area contributed by atoms with E-state index in [9.17, 15) is 4.79 Å². The lowest BCUT2D eigenvalue weighted by Crippen LogP contribution is -2.49. The molecule has 100 valence electrons. The Kier molecular flexibility index (Phi) is 6.47. The Morgan fingerprint density at radius 2 is 2.35 bits per heavy atom. The van der Waals surface area contributed by atoms with E-state index in [1.54, 1.807) is 7.11 Å². The average Bonchev–Trinajstić information content (AvgIpc) is 2.28. The van der Waals surface area contributed by atoms with Crippen molar-refractivity contribution in [3.8, 4) is 0 Å². The predicted molar refractivity (Wildman–Crippen MR) is 67.7 cm³/mol. The van der Waals surface area contributed by atoms with Crippen molar-refractivity contribution >= 4 is 5.91 Å². The van der Waals surface area contributed by atoms with Crippen LogP contribution in [0, 0.1) is 0 Å². The number of hydrogen-bond acceptors (Lipinski definition) is 4. The monoisotopic (exact) mass is 243 g/mol. The van der Waals surface area contributed by atoms with Gasteiger partial charge in [0.2, 0.25) is 5.91 Å². The van der Waals surface area contributed by atoms with Crippen LogP contribution < -0.4 is 11.1 Å². The fourth-order valence-electron chi connectivity index (χ4n) is 2.18. The van der Waals surface area contributed by atoms with Gasteiger partial charge < -0.3 is 15.8 Å². The van der Waals surface area contributed by atoms with Crippen molar-refractivity contribution < 1.29 is 9.53 Å². The average molecular weight is 243 g/mol. The van der Waals surface area contributed by atoms with Crippen LogP contribution in [0.5, 0.6) is 0 Å². The number of piperidine rings is 1. The van der Waals surface area contributed by atoms with Gasteiger partial charge in [-0.25, -0.2) is 0 Å². The fourth-order valence-corrected chi connectivity index (χ4v) is 2.18. The Labute approximate surface area is 104 Å².